The highest BCUT2D eigenvalue weighted by atomic mass is 16.4. The van der Waals surface area contributed by atoms with Gasteiger partial charge in [0.2, 0.25) is 11.9 Å². The zero-order valence-electron chi connectivity index (χ0n) is 15.3. The molecule has 3 N–H and O–H groups in total. The maximum atomic E-state index is 12.0. The van der Waals surface area contributed by atoms with Gasteiger partial charge in [-0.25, -0.2) is 4.98 Å². The third-order valence-electron chi connectivity index (χ3n) is 4.05. The standard InChI is InChI=1S/C21H20N4O3/c1-14(15-8-3-2-4-9-15)22-20-16-10-5-6-11-17(16)23-21(25-20)24-18(26)12-7-13-19(27)28/h2-12,14H,13H2,1H3,(H,27,28)(H2,22,23,24,25,26). The van der Waals surface area contributed by atoms with Crippen LogP contribution in [0.1, 0.15) is 24.9 Å². The van der Waals surface area contributed by atoms with E-state index in [9.17, 15) is 9.59 Å². The molecule has 28 heavy (non-hydrogen) atoms. The van der Waals surface area contributed by atoms with Crippen molar-refractivity contribution in [1.82, 2.24) is 9.97 Å². The second kappa shape index (κ2) is 8.77. The van der Waals surface area contributed by atoms with Crippen LogP contribution in [0.15, 0.2) is 66.7 Å². The van der Waals surface area contributed by atoms with Gasteiger partial charge in [0, 0.05) is 11.4 Å². The number of carbonyl (C=O) groups excluding carboxylic acids is 1. The van der Waals surface area contributed by atoms with Gasteiger partial charge in [0.1, 0.15) is 5.82 Å². The topological polar surface area (TPSA) is 104 Å². The summed E-state index contributed by atoms with van der Waals surface area (Å²) in [5.41, 5.74) is 1.79. The zero-order chi connectivity index (χ0) is 19.9. The Kier molecular flexibility index (Phi) is 5.96. The largest absolute Gasteiger partial charge is 0.481 e. The monoisotopic (exact) mass is 376 g/mol. The Morgan fingerprint density at radius 1 is 1.07 bits per heavy atom. The van der Waals surface area contributed by atoms with Crippen molar-refractivity contribution in [2.45, 2.75) is 19.4 Å². The van der Waals surface area contributed by atoms with Crippen molar-refractivity contribution in [2.75, 3.05) is 10.6 Å². The van der Waals surface area contributed by atoms with Crippen molar-refractivity contribution >= 4 is 34.5 Å². The van der Waals surface area contributed by atoms with Crippen molar-refractivity contribution in [3.8, 4) is 0 Å². The average Bonchev–Trinajstić information content (AvgIpc) is 2.68. The summed E-state index contributed by atoms with van der Waals surface area (Å²) in [6.07, 6.45) is 2.20. The number of aliphatic carboxylic acids is 1. The number of rotatable bonds is 7. The van der Waals surface area contributed by atoms with E-state index in [0.29, 0.717) is 11.3 Å². The molecule has 0 bridgehead atoms. The number of carbonyl (C=O) groups is 2. The van der Waals surface area contributed by atoms with Crippen molar-refractivity contribution in [3.63, 3.8) is 0 Å². The van der Waals surface area contributed by atoms with Crippen LogP contribution in [-0.4, -0.2) is 27.0 Å². The van der Waals surface area contributed by atoms with Gasteiger partial charge in [0.15, 0.2) is 0 Å². The SMILES string of the molecule is CC(Nc1nc(NC(=O)C=CCC(=O)O)nc2ccccc12)c1ccccc1. The summed E-state index contributed by atoms with van der Waals surface area (Å²) in [4.78, 5) is 31.3. The van der Waals surface area contributed by atoms with Crippen LogP contribution < -0.4 is 10.6 Å². The van der Waals surface area contributed by atoms with Crippen LogP contribution in [0.5, 0.6) is 0 Å². The number of fused-ring (bicyclic) bond motifs is 1. The number of hydrogen-bond acceptors (Lipinski definition) is 5. The Morgan fingerprint density at radius 3 is 2.54 bits per heavy atom. The minimum Gasteiger partial charge on any atom is -0.481 e. The van der Waals surface area contributed by atoms with Crippen LogP contribution in [0.3, 0.4) is 0 Å². The molecular formula is C21H20N4O3. The summed E-state index contributed by atoms with van der Waals surface area (Å²) in [7, 11) is 0. The lowest BCUT2D eigenvalue weighted by molar-refractivity contribution is -0.136. The quantitative estimate of drug-likeness (QED) is 0.542. The zero-order valence-corrected chi connectivity index (χ0v) is 15.3. The first-order valence-electron chi connectivity index (χ1n) is 8.80. The maximum Gasteiger partial charge on any atom is 0.307 e. The maximum absolute atomic E-state index is 12.0. The molecule has 3 rings (SSSR count). The van der Waals surface area contributed by atoms with Crippen molar-refractivity contribution < 1.29 is 14.7 Å². The van der Waals surface area contributed by atoms with E-state index >= 15 is 0 Å². The second-order valence-corrected chi connectivity index (χ2v) is 6.18. The predicted molar refractivity (Wildman–Crippen MR) is 108 cm³/mol. The Morgan fingerprint density at radius 2 is 1.79 bits per heavy atom. The number of para-hydroxylation sites is 1. The first-order chi connectivity index (χ1) is 13.5. The molecule has 0 fully saturated rings. The molecule has 0 aliphatic heterocycles. The number of anilines is 2. The molecule has 7 nitrogen and oxygen atoms in total. The van der Waals surface area contributed by atoms with Gasteiger partial charge < -0.3 is 10.4 Å². The summed E-state index contributed by atoms with van der Waals surface area (Å²) in [5.74, 6) is -0.746. The molecule has 1 unspecified atom stereocenters. The number of carboxylic acids is 1. The first kappa shape index (κ1) is 19.0. The Labute approximate surface area is 162 Å². The van der Waals surface area contributed by atoms with E-state index in [1.165, 1.54) is 6.08 Å². The molecule has 0 saturated carbocycles. The molecule has 0 aliphatic carbocycles. The van der Waals surface area contributed by atoms with Crippen molar-refractivity contribution in [3.05, 3.63) is 72.3 Å². The molecule has 0 radical (unpaired) electrons. The molecule has 0 spiro atoms. The van der Waals surface area contributed by atoms with Gasteiger partial charge in [-0.15, -0.1) is 0 Å². The van der Waals surface area contributed by atoms with Crippen LogP contribution in [0.25, 0.3) is 10.9 Å². The molecule has 0 aliphatic rings. The molecular weight excluding hydrogens is 356 g/mol. The van der Waals surface area contributed by atoms with Gasteiger partial charge in [-0.3, -0.25) is 14.9 Å². The van der Waals surface area contributed by atoms with Gasteiger partial charge in [-0.1, -0.05) is 48.5 Å². The highest BCUT2D eigenvalue weighted by Crippen LogP contribution is 2.25. The van der Waals surface area contributed by atoms with Crippen LogP contribution in [0.4, 0.5) is 11.8 Å². The summed E-state index contributed by atoms with van der Waals surface area (Å²) in [6.45, 7) is 2.03. The lowest BCUT2D eigenvalue weighted by atomic mass is 10.1. The van der Waals surface area contributed by atoms with E-state index in [0.717, 1.165) is 17.0 Å². The molecule has 1 atom stereocenters. The molecule has 1 heterocycles. The van der Waals surface area contributed by atoms with E-state index in [1.54, 1.807) is 0 Å². The lowest BCUT2D eigenvalue weighted by Gasteiger charge is -2.17. The van der Waals surface area contributed by atoms with Crippen molar-refractivity contribution in [1.29, 1.82) is 0 Å². The minimum atomic E-state index is -1.01. The average molecular weight is 376 g/mol. The smallest absolute Gasteiger partial charge is 0.307 e. The number of hydrogen-bond donors (Lipinski definition) is 3. The number of amides is 1. The number of aromatic nitrogens is 2. The Hall–Kier alpha value is -3.74. The third kappa shape index (κ3) is 4.91. The fraction of sp³-hybridized carbons (Fsp3) is 0.143. The Bertz CT molecular complexity index is 1020. The van der Waals surface area contributed by atoms with Gasteiger partial charge in [0.05, 0.1) is 11.9 Å². The number of benzene rings is 2. The molecule has 142 valence electrons. The van der Waals surface area contributed by atoms with Gasteiger partial charge >= 0.3 is 5.97 Å². The summed E-state index contributed by atoms with van der Waals surface area (Å²) in [5, 5.41) is 15.4. The van der Waals surface area contributed by atoms with E-state index in [-0.39, 0.29) is 18.4 Å². The highest BCUT2D eigenvalue weighted by Gasteiger charge is 2.12. The fourth-order valence-electron chi connectivity index (χ4n) is 2.69. The number of nitrogens with one attached hydrogen (secondary N) is 2. The van der Waals surface area contributed by atoms with Gasteiger partial charge in [0.25, 0.3) is 0 Å². The van der Waals surface area contributed by atoms with Crippen LogP contribution >= 0.6 is 0 Å². The van der Waals surface area contributed by atoms with Gasteiger partial charge in [-0.05, 0) is 30.7 Å². The summed E-state index contributed by atoms with van der Waals surface area (Å²) < 4.78 is 0. The van der Waals surface area contributed by atoms with Crippen LogP contribution in [-0.2, 0) is 9.59 Å². The Balaban J connectivity index is 1.86. The molecule has 1 aromatic heterocycles. The lowest BCUT2D eigenvalue weighted by Crippen LogP contribution is -2.14. The predicted octanol–water partition coefficient (Wildman–Crippen LogP) is 3.77. The molecule has 0 saturated heterocycles. The molecule has 2 aromatic carbocycles. The van der Waals surface area contributed by atoms with E-state index in [2.05, 4.69) is 20.6 Å². The fourth-order valence-corrected chi connectivity index (χ4v) is 2.69. The third-order valence-corrected chi connectivity index (χ3v) is 4.05. The normalized spacial score (nSPS) is 12.0. The van der Waals surface area contributed by atoms with Crippen molar-refractivity contribution in [2.24, 2.45) is 0 Å². The molecule has 7 heteroatoms. The van der Waals surface area contributed by atoms with Crippen LogP contribution in [0, 0.1) is 0 Å². The summed E-state index contributed by atoms with van der Waals surface area (Å²) >= 11 is 0. The summed E-state index contributed by atoms with van der Waals surface area (Å²) in [6, 6.07) is 17.5. The van der Waals surface area contributed by atoms with E-state index < -0.39 is 11.9 Å². The minimum absolute atomic E-state index is 0.00137. The highest BCUT2D eigenvalue weighted by molar-refractivity contribution is 5.99. The van der Waals surface area contributed by atoms with Gasteiger partial charge in [-0.2, -0.15) is 4.98 Å². The number of carboxylic acid groups (broad SMARTS) is 1. The number of nitrogens with zero attached hydrogens (tertiary/aromatic N) is 2. The van der Waals surface area contributed by atoms with Crippen LogP contribution in [0.2, 0.25) is 0 Å². The van der Waals surface area contributed by atoms with E-state index in [4.69, 9.17) is 5.11 Å². The molecule has 1 amide bonds. The first-order valence-corrected chi connectivity index (χ1v) is 8.80. The van der Waals surface area contributed by atoms with E-state index in [1.807, 2.05) is 61.5 Å². The molecule has 3 aromatic rings. The second-order valence-electron chi connectivity index (χ2n) is 6.18.